The van der Waals surface area contributed by atoms with E-state index in [-0.39, 0.29) is 136 Å². The van der Waals surface area contributed by atoms with E-state index >= 15 is 9.59 Å². The summed E-state index contributed by atoms with van der Waals surface area (Å²) in [5.41, 5.74) is -6.32. The molecule has 434 valence electrons. The number of phosphoric acid groups is 1. The van der Waals surface area contributed by atoms with E-state index in [2.05, 4.69) is 5.32 Å². The van der Waals surface area contributed by atoms with Crippen molar-refractivity contribution in [3.05, 3.63) is 191 Å². The third-order valence-electron chi connectivity index (χ3n) is 16.5. The van der Waals surface area contributed by atoms with Crippen molar-refractivity contribution in [2.45, 2.75) is 127 Å². The van der Waals surface area contributed by atoms with Crippen molar-refractivity contribution in [3.8, 4) is 0 Å². The molecule has 1 aliphatic heterocycles. The van der Waals surface area contributed by atoms with E-state index < -0.39 is 128 Å². The second-order valence-electron chi connectivity index (χ2n) is 21.8. The molecule has 4 aliphatic rings. The molecule has 10 unspecified atom stereocenters. The quantitative estimate of drug-likeness (QED) is 0.0177. The van der Waals surface area contributed by atoms with Crippen LogP contribution in [0.1, 0.15) is 104 Å². The summed E-state index contributed by atoms with van der Waals surface area (Å²) in [6.07, 6.45) is -10.5. The van der Waals surface area contributed by atoms with Gasteiger partial charge in [-0.15, -0.1) is 0 Å². The van der Waals surface area contributed by atoms with Crippen LogP contribution in [-0.4, -0.2) is 106 Å². The first-order valence-electron chi connectivity index (χ1n) is 27.0. The molecule has 5 aromatic carbocycles. The largest absolute Gasteiger partial charge is 0.477 e. The first kappa shape index (κ1) is 66.7. The minimum Gasteiger partial charge on any atom is -0.455 e. The Morgan fingerprint density at radius 2 is 1.28 bits per heavy atom. The Morgan fingerprint density at radius 3 is 1.81 bits per heavy atom. The number of hydrogen-bond donors (Lipinski definition) is 4. The zero-order chi connectivity index (χ0) is 57.7. The van der Waals surface area contributed by atoms with Gasteiger partial charge in [0, 0.05) is 124 Å². The monoisotopic (exact) mass is 1580 g/mol. The summed E-state index contributed by atoms with van der Waals surface area (Å²) >= 11 is 0. The van der Waals surface area contributed by atoms with E-state index in [9.17, 15) is 34.3 Å². The van der Waals surface area contributed by atoms with E-state index in [1.54, 1.807) is 148 Å². The van der Waals surface area contributed by atoms with Gasteiger partial charge < -0.3 is 44.3 Å². The summed E-state index contributed by atoms with van der Waals surface area (Å²) in [6.45, 7) is 6.22. The summed E-state index contributed by atoms with van der Waals surface area (Å²) in [5.74, 6) is -6.09. The molecule has 3 fully saturated rings. The second-order valence-corrected chi connectivity index (χ2v) is 23.4. The molecule has 4 N–H and O–H groups in total. The number of carbonyl (C=O) groups excluding carboxylic acids is 5. The number of rotatable bonds is 21. The summed E-state index contributed by atoms with van der Waals surface area (Å²) in [7, 11) is -4.49. The van der Waals surface area contributed by atoms with Gasteiger partial charge in [0.15, 0.2) is 12.6 Å². The van der Waals surface area contributed by atoms with Gasteiger partial charge in [-0.1, -0.05) is 148 Å². The number of nitrogens with one attached hydrogen (secondary N) is 1. The Hall–Kier alpha value is -3.82. The first-order chi connectivity index (χ1) is 38.7. The average Bonchev–Trinajstić information content (AvgIpc) is 0.731. The van der Waals surface area contributed by atoms with E-state index in [0.717, 1.165) is 0 Å². The van der Waals surface area contributed by atoms with Crippen LogP contribution in [0, 0.1) is 105 Å². The number of aliphatic hydroxyl groups excluding tert-OH is 1. The Morgan fingerprint density at radius 1 is 0.747 bits per heavy atom. The van der Waals surface area contributed by atoms with Crippen molar-refractivity contribution in [2.75, 3.05) is 13.4 Å². The number of phosphoric ester groups is 1. The second kappa shape index (κ2) is 28.3. The Bertz CT molecular complexity index is 3100. The van der Waals surface area contributed by atoms with Crippen LogP contribution in [-0.2, 0) is 69.4 Å². The summed E-state index contributed by atoms with van der Waals surface area (Å²) in [5, 5.41) is 42.8. The average molecular weight is 1580 g/mol. The summed E-state index contributed by atoms with van der Waals surface area (Å²) in [6, 6.07) is 40.9. The molecular formula is C62H68Ac2NO17P. The summed E-state index contributed by atoms with van der Waals surface area (Å²) in [4.78, 5) is 73.1. The van der Waals surface area contributed by atoms with Gasteiger partial charge in [0.05, 0.1) is 43.0 Å². The first-order valence-corrected chi connectivity index (χ1v) is 28.5. The minimum absolute atomic E-state index is 0. The predicted molar refractivity (Wildman–Crippen MR) is 292 cm³/mol. The van der Waals surface area contributed by atoms with Gasteiger partial charge in [-0.05, 0) is 72.4 Å². The molecule has 11 atom stereocenters. The number of ketones is 1. The molecule has 2 saturated carbocycles. The van der Waals surface area contributed by atoms with Gasteiger partial charge in [0.2, 0.25) is 6.10 Å². The van der Waals surface area contributed by atoms with Gasteiger partial charge in [-0.3, -0.25) is 28.0 Å². The molecule has 3 aliphatic carbocycles. The number of amides is 1. The van der Waals surface area contributed by atoms with Crippen LogP contribution in [0.25, 0.3) is 0 Å². The van der Waals surface area contributed by atoms with Gasteiger partial charge in [-0.2, -0.15) is 0 Å². The maximum atomic E-state index is 15.9. The standard InChI is InChI=1S/C62H68NO17P.2Ac/c1-6-22-48(64)79-52(50(42-27-16-9-17-28-42)63-56(67)43-29-18-10-19-30-43)58(69)78-45-34-62(71)55(80-57(68)44-31-20-11-21-32-44)53-60(5,54(66)51(65)49(39(45)2)59(62,3)4)46(33-47-61(53,70)37-73-47)74-38-77-81(72,75-35-40-23-12-7-13-24-40)76-36-41-25-14-8-15-26-41;;/h7-21,23-32,45-47,50-53,55,65,70-71H,6,22,33-38H2,1-5H3,(H,63,67);;/t45?,46?,47?,50?,51?,52?,53?,55?,60-,61?,62?;;/m1../s1. The van der Waals surface area contributed by atoms with Gasteiger partial charge in [0.25, 0.3) is 5.91 Å². The van der Waals surface area contributed by atoms with Crippen LogP contribution in [0.2, 0.25) is 0 Å². The topological polar surface area (TPSA) is 249 Å². The third-order valence-corrected chi connectivity index (χ3v) is 17.8. The summed E-state index contributed by atoms with van der Waals surface area (Å²) < 4.78 is 63.3. The molecule has 2 radical (unpaired) electrons. The molecular weight excluding hydrogens is 1520 g/mol. The third kappa shape index (κ3) is 14.0. The van der Waals surface area contributed by atoms with Crippen LogP contribution < -0.4 is 5.32 Å². The van der Waals surface area contributed by atoms with Gasteiger partial charge in [-0.25, -0.2) is 14.2 Å². The number of fused-ring (bicyclic) bond motifs is 5. The predicted octanol–water partition coefficient (Wildman–Crippen LogP) is 8.49. The number of hydrogen-bond acceptors (Lipinski definition) is 17. The Balaban J connectivity index is 0.00000495. The molecule has 18 nitrogen and oxygen atoms in total. The number of aliphatic hydroxyl groups is 3. The molecule has 21 heteroatoms. The molecule has 83 heavy (non-hydrogen) atoms. The molecule has 1 heterocycles. The number of ether oxygens (including phenoxy) is 5. The van der Waals surface area contributed by atoms with E-state index in [0.29, 0.717) is 23.1 Å². The van der Waals surface area contributed by atoms with Gasteiger partial charge in [0.1, 0.15) is 35.6 Å². The fourth-order valence-corrected chi connectivity index (χ4v) is 13.0. The number of carbonyl (C=O) groups is 5. The number of benzene rings is 5. The molecule has 0 aromatic heterocycles. The zero-order valence-electron chi connectivity index (χ0n) is 46.9. The molecule has 5 aromatic rings. The van der Waals surface area contributed by atoms with Crippen LogP contribution in [0.15, 0.2) is 163 Å². The molecule has 9 rings (SSSR count). The van der Waals surface area contributed by atoms with Crippen molar-refractivity contribution in [3.63, 3.8) is 0 Å². The van der Waals surface area contributed by atoms with Crippen LogP contribution in [0.5, 0.6) is 0 Å². The van der Waals surface area contributed by atoms with Crippen molar-refractivity contribution in [1.82, 2.24) is 5.32 Å². The van der Waals surface area contributed by atoms with E-state index in [1.807, 2.05) is 12.1 Å². The fourth-order valence-electron chi connectivity index (χ4n) is 12.0. The van der Waals surface area contributed by atoms with Crippen LogP contribution in [0.4, 0.5) is 0 Å². The van der Waals surface area contributed by atoms with Crippen LogP contribution >= 0.6 is 7.82 Å². The van der Waals surface area contributed by atoms with E-state index in [1.165, 1.54) is 26.0 Å². The maximum absolute atomic E-state index is 15.9. The van der Waals surface area contributed by atoms with Gasteiger partial charge >= 0.3 is 25.7 Å². The minimum atomic E-state index is -4.49. The van der Waals surface area contributed by atoms with Crippen LogP contribution in [0.3, 0.4) is 0 Å². The Labute approximate surface area is 554 Å². The number of Topliss-reactive ketones (excluding diaryl/α,β-unsaturated/α-hetero) is 1. The molecule has 1 amide bonds. The molecule has 2 bridgehead atoms. The van der Waals surface area contributed by atoms with E-state index in [4.69, 9.17) is 37.3 Å². The molecule has 0 spiro atoms. The normalized spacial score (nSPS) is 26.7. The number of esters is 3. The van der Waals surface area contributed by atoms with Crippen molar-refractivity contribution in [1.29, 1.82) is 0 Å². The molecule has 1 saturated heterocycles. The van der Waals surface area contributed by atoms with Crippen molar-refractivity contribution in [2.24, 2.45) is 16.7 Å². The van der Waals surface area contributed by atoms with Crippen molar-refractivity contribution < 1.29 is 169 Å². The van der Waals surface area contributed by atoms with Crippen molar-refractivity contribution >= 4 is 37.4 Å². The zero-order valence-corrected chi connectivity index (χ0v) is 57.3. The Kier molecular flexibility index (Phi) is 22.8. The smallest absolute Gasteiger partial charge is 0.455 e. The SMILES string of the molecule is CCCC(=O)OC(C(=O)OC1CC2(O)C(OC(=O)c3ccccc3)C3C4(O)COC4CC(OCOP(=O)(OCc4ccccc4)OCc4ccccc4)[C@@]3(C)C(=O)C(O)C(=C1C)C2(C)C)C(NC(=O)c1ccccc1)c1ccccc1.[Ac].[Ac]. The maximum Gasteiger partial charge on any atom is 0.477 e. The fraction of sp³-hybridized carbons (Fsp3) is 0.403.